The van der Waals surface area contributed by atoms with Crippen LogP contribution in [0.2, 0.25) is 0 Å². The van der Waals surface area contributed by atoms with Gasteiger partial charge >= 0.3 is 0 Å². The van der Waals surface area contributed by atoms with Crippen LogP contribution in [0.5, 0.6) is 0 Å². The number of carbonyl (C=O) groups is 1. The number of thioether (sulfide) groups is 1. The number of rotatable bonds is 6. The van der Waals surface area contributed by atoms with Gasteiger partial charge in [-0.3, -0.25) is 4.79 Å². The highest BCUT2D eigenvalue weighted by molar-refractivity contribution is 7.99. The van der Waals surface area contributed by atoms with E-state index in [0.717, 1.165) is 23.4 Å². The second-order valence-corrected chi connectivity index (χ2v) is 6.25. The van der Waals surface area contributed by atoms with E-state index in [1.807, 2.05) is 30.3 Å². The molecular weight excluding hydrogens is 344 g/mol. The van der Waals surface area contributed by atoms with E-state index in [1.54, 1.807) is 6.20 Å². The van der Waals surface area contributed by atoms with Crippen molar-refractivity contribution in [3.63, 3.8) is 0 Å². The maximum atomic E-state index is 13.5. The van der Waals surface area contributed by atoms with Gasteiger partial charge in [-0.2, -0.15) is 0 Å². The van der Waals surface area contributed by atoms with Gasteiger partial charge < -0.3 is 10.3 Å². The van der Waals surface area contributed by atoms with Crippen LogP contribution in [0.1, 0.15) is 10.4 Å². The third-order valence-electron chi connectivity index (χ3n) is 3.45. The lowest BCUT2D eigenvalue weighted by atomic mass is 10.2. The van der Waals surface area contributed by atoms with E-state index in [4.69, 9.17) is 0 Å². The molecule has 1 amide bonds. The Kier molecular flexibility index (Phi) is 5.45. The van der Waals surface area contributed by atoms with E-state index in [0.29, 0.717) is 10.9 Å². The Morgan fingerprint density at radius 2 is 1.80 bits per heavy atom. The van der Waals surface area contributed by atoms with Crippen molar-refractivity contribution >= 4 is 17.7 Å². The number of aromatic amines is 1. The van der Waals surface area contributed by atoms with Crippen molar-refractivity contribution in [3.05, 3.63) is 71.9 Å². The van der Waals surface area contributed by atoms with Crippen LogP contribution in [0.25, 0.3) is 11.3 Å². The first-order valence-corrected chi connectivity index (χ1v) is 8.59. The molecule has 1 heterocycles. The Morgan fingerprint density at radius 3 is 2.52 bits per heavy atom. The average Bonchev–Trinajstić information content (AvgIpc) is 3.08. The second kappa shape index (κ2) is 7.94. The van der Waals surface area contributed by atoms with Crippen molar-refractivity contribution in [2.45, 2.75) is 5.16 Å². The molecule has 0 bridgehead atoms. The minimum absolute atomic E-state index is 0.263. The molecule has 0 atom stereocenters. The van der Waals surface area contributed by atoms with Crippen LogP contribution in [0.3, 0.4) is 0 Å². The molecule has 0 spiro atoms. The maximum Gasteiger partial charge on any atom is 0.257 e. The topological polar surface area (TPSA) is 57.8 Å². The molecule has 0 unspecified atom stereocenters. The van der Waals surface area contributed by atoms with Crippen molar-refractivity contribution in [1.82, 2.24) is 15.3 Å². The predicted molar refractivity (Wildman–Crippen MR) is 93.4 cm³/mol. The first-order chi connectivity index (χ1) is 12.1. The fraction of sp³-hybridized carbons (Fsp3) is 0.111. The number of amides is 1. The van der Waals surface area contributed by atoms with Gasteiger partial charge in [-0.25, -0.2) is 13.8 Å². The molecule has 25 heavy (non-hydrogen) atoms. The van der Waals surface area contributed by atoms with Crippen molar-refractivity contribution in [1.29, 1.82) is 0 Å². The summed E-state index contributed by atoms with van der Waals surface area (Å²) in [5, 5.41) is 3.22. The molecule has 7 heteroatoms. The summed E-state index contributed by atoms with van der Waals surface area (Å²) in [5.74, 6) is -1.99. The standard InChI is InChI=1S/C18H15F2N3OS/c19-13-7-4-8-14(20)16(13)17(24)21-9-10-25-18-22-11-15(23-18)12-5-2-1-3-6-12/h1-8,11H,9-10H2,(H,21,24)(H,22,23). The molecule has 4 nitrogen and oxygen atoms in total. The van der Waals surface area contributed by atoms with Gasteiger partial charge in [0.2, 0.25) is 0 Å². The van der Waals surface area contributed by atoms with Crippen molar-refractivity contribution in [3.8, 4) is 11.3 Å². The number of hydrogen-bond acceptors (Lipinski definition) is 3. The molecular formula is C18H15F2N3OS. The third-order valence-corrected chi connectivity index (χ3v) is 4.34. The summed E-state index contributed by atoms with van der Waals surface area (Å²) in [4.78, 5) is 19.3. The molecule has 0 radical (unpaired) electrons. The van der Waals surface area contributed by atoms with Crippen LogP contribution in [-0.4, -0.2) is 28.2 Å². The fourth-order valence-electron chi connectivity index (χ4n) is 2.26. The smallest absolute Gasteiger partial charge is 0.257 e. The Morgan fingerprint density at radius 1 is 1.08 bits per heavy atom. The lowest BCUT2D eigenvalue weighted by Crippen LogP contribution is -2.27. The van der Waals surface area contributed by atoms with Gasteiger partial charge in [-0.05, 0) is 17.7 Å². The number of aromatic nitrogens is 2. The van der Waals surface area contributed by atoms with E-state index < -0.39 is 23.1 Å². The molecule has 3 rings (SSSR count). The SMILES string of the molecule is O=C(NCCSc1ncc(-c2ccccc2)[nH]1)c1c(F)cccc1F. The molecule has 0 fully saturated rings. The number of nitrogens with one attached hydrogen (secondary N) is 2. The predicted octanol–water partition coefficient (Wildman–Crippen LogP) is 3.88. The van der Waals surface area contributed by atoms with Crippen molar-refractivity contribution in [2.75, 3.05) is 12.3 Å². The van der Waals surface area contributed by atoms with Crippen LogP contribution in [0, 0.1) is 11.6 Å². The van der Waals surface area contributed by atoms with Gasteiger partial charge in [0.25, 0.3) is 5.91 Å². The van der Waals surface area contributed by atoms with Gasteiger partial charge in [0.1, 0.15) is 17.2 Å². The molecule has 0 aliphatic rings. The molecule has 0 aliphatic carbocycles. The summed E-state index contributed by atoms with van der Waals surface area (Å²) in [7, 11) is 0. The molecule has 128 valence electrons. The summed E-state index contributed by atoms with van der Waals surface area (Å²) in [6.45, 7) is 0.263. The lowest BCUT2D eigenvalue weighted by molar-refractivity contribution is 0.0947. The Balaban J connectivity index is 1.51. The van der Waals surface area contributed by atoms with Gasteiger partial charge in [-0.15, -0.1) is 0 Å². The van der Waals surface area contributed by atoms with Crippen molar-refractivity contribution in [2.24, 2.45) is 0 Å². The van der Waals surface area contributed by atoms with Gasteiger partial charge in [0.05, 0.1) is 11.9 Å². The molecule has 1 aromatic heterocycles. The van der Waals surface area contributed by atoms with E-state index >= 15 is 0 Å². The number of benzene rings is 2. The van der Waals surface area contributed by atoms with E-state index in [9.17, 15) is 13.6 Å². The normalized spacial score (nSPS) is 10.6. The largest absolute Gasteiger partial charge is 0.351 e. The fourth-order valence-corrected chi connectivity index (χ4v) is 2.96. The van der Waals surface area contributed by atoms with Gasteiger partial charge in [0.15, 0.2) is 5.16 Å². The highest BCUT2D eigenvalue weighted by Crippen LogP contribution is 2.20. The number of imidazole rings is 1. The number of nitrogens with zero attached hydrogens (tertiary/aromatic N) is 1. The highest BCUT2D eigenvalue weighted by Gasteiger charge is 2.16. The molecule has 2 N–H and O–H groups in total. The number of hydrogen-bond donors (Lipinski definition) is 2. The number of carbonyl (C=O) groups excluding carboxylic acids is 1. The summed E-state index contributed by atoms with van der Waals surface area (Å²) in [6.07, 6.45) is 1.74. The quantitative estimate of drug-likeness (QED) is 0.519. The van der Waals surface area contributed by atoms with Gasteiger partial charge in [-0.1, -0.05) is 48.2 Å². The molecule has 0 saturated heterocycles. The van der Waals surface area contributed by atoms with E-state index in [-0.39, 0.29) is 6.54 Å². The zero-order valence-corrected chi connectivity index (χ0v) is 13.9. The first-order valence-electron chi connectivity index (χ1n) is 7.60. The van der Waals surface area contributed by atoms with Crippen LogP contribution in [0.15, 0.2) is 59.9 Å². The van der Waals surface area contributed by atoms with Crippen LogP contribution in [0.4, 0.5) is 8.78 Å². The summed E-state index contributed by atoms with van der Waals surface area (Å²) in [6, 6.07) is 13.1. The minimum atomic E-state index is -0.872. The third kappa shape index (κ3) is 4.24. The Bertz CT molecular complexity index is 848. The molecule has 0 aliphatic heterocycles. The molecule has 0 saturated carbocycles. The van der Waals surface area contributed by atoms with Crippen LogP contribution < -0.4 is 5.32 Å². The van der Waals surface area contributed by atoms with Crippen molar-refractivity contribution < 1.29 is 13.6 Å². The Hall–Kier alpha value is -2.67. The lowest BCUT2D eigenvalue weighted by Gasteiger charge is -2.06. The number of H-pyrrole nitrogens is 1. The summed E-state index contributed by atoms with van der Waals surface area (Å²) < 4.78 is 27.0. The second-order valence-electron chi connectivity index (χ2n) is 5.17. The Labute approximate surface area is 147 Å². The highest BCUT2D eigenvalue weighted by atomic mass is 32.2. The summed E-state index contributed by atoms with van der Waals surface area (Å²) in [5.41, 5.74) is 1.38. The van der Waals surface area contributed by atoms with Crippen LogP contribution in [-0.2, 0) is 0 Å². The molecule has 3 aromatic rings. The van der Waals surface area contributed by atoms with E-state index in [1.165, 1.54) is 17.8 Å². The first kappa shape index (κ1) is 17.2. The maximum absolute atomic E-state index is 13.5. The van der Waals surface area contributed by atoms with Gasteiger partial charge in [0, 0.05) is 12.3 Å². The number of halogens is 2. The zero-order valence-electron chi connectivity index (χ0n) is 13.1. The monoisotopic (exact) mass is 359 g/mol. The molecule has 2 aromatic carbocycles. The average molecular weight is 359 g/mol. The summed E-state index contributed by atoms with van der Waals surface area (Å²) >= 11 is 1.41. The minimum Gasteiger partial charge on any atom is -0.351 e. The van der Waals surface area contributed by atoms with E-state index in [2.05, 4.69) is 15.3 Å². The van der Waals surface area contributed by atoms with Crippen LogP contribution >= 0.6 is 11.8 Å². The zero-order chi connectivity index (χ0) is 17.6.